The van der Waals surface area contributed by atoms with Crippen molar-refractivity contribution in [2.24, 2.45) is 5.73 Å². The summed E-state index contributed by atoms with van der Waals surface area (Å²) in [6.45, 7) is 5.01. The van der Waals surface area contributed by atoms with Crippen LogP contribution in [0.3, 0.4) is 0 Å². The normalized spacial score (nSPS) is 19.4. The van der Waals surface area contributed by atoms with Gasteiger partial charge in [-0.15, -0.1) is 0 Å². The van der Waals surface area contributed by atoms with Gasteiger partial charge in [-0.25, -0.2) is 4.98 Å². The summed E-state index contributed by atoms with van der Waals surface area (Å²) in [6.07, 6.45) is 5.13. The zero-order valence-electron chi connectivity index (χ0n) is 11.4. The number of nitrogens with one attached hydrogen (secondary N) is 1. The Kier molecular flexibility index (Phi) is 4.74. The number of piperidine rings is 1. The second-order valence-corrected chi connectivity index (χ2v) is 4.98. The van der Waals surface area contributed by atoms with Gasteiger partial charge in [0.05, 0.1) is 5.56 Å². The average molecular weight is 262 g/mol. The molecule has 5 nitrogen and oxygen atoms in total. The average Bonchev–Trinajstić information content (AvgIpc) is 2.45. The molecule has 3 N–H and O–H groups in total. The molecule has 2 heterocycles. The van der Waals surface area contributed by atoms with Gasteiger partial charge >= 0.3 is 0 Å². The zero-order chi connectivity index (χ0) is 13.7. The number of pyridine rings is 1. The molecular weight excluding hydrogens is 240 g/mol. The van der Waals surface area contributed by atoms with E-state index in [0.29, 0.717) is 11.6 Å². The van der Waals surface area contributed by atoms with Crippen LogP contribution in [0.2, 0.25) is 0 Å². The van der Waals surface area contributed by atoms with Crippen LogP contribution in [0, 0.1) is 0 Å². The first-order valence-electron chi connectivity index (χ1n) is 6.95. The monoisotopic (exact) mass is 262 g/mol. The third-order valence-electron chi connectivity index (χ3n) is 3.46. The summed E-state index contributed by atoms with van der Waals surface area (Å²) in [5, 5.41) is 3.53. The fourth-order valence-electron chi connectivity index (χ4n) is 2.53. The number of carbonyl (C=O) groups excluding carboxylic acids is 1. The van der Waals surface area contributed by atoms with Gasteiger partial charge in [0.15, 0.2) is 0 Å². The molecule has 1 aliphatic rings. The van der Waals surface area contributed by atoms with Crippen molar-refractivity contribution in [3.05, 3.63) is 23.9 Å². The van der Waals surface area contributed by atoms with Gasteiger partial charge in [0.2, 0.25) is 0 Å². The van der Waals surface area contributed by atoms with Crippen molar-refractivity contribution in [2.75, 3.05) is 24.5 Å². The second kappa shape index (κ2) is 6.52. The topological polar surface area (TPSA) is 71.2 Å². The van der Waals surface area contributed by atoms with Crippen LogP contribution >= 0.6 is 0 Å². The molecule has 0 spiro atoms. The summed E-state index contributed by atoms with van der Waals surface area (Å²) in [5.41, 5.74) is 5.93. The minimum atomic E-state index is -0.410. The van der Waals surface area contributed by atoms with E-state index in [4.69, 9.17) is 5.73 Å². The Balaban J connectivity index is 2.11. The lowest BCUT2D eigenvalue weighted by Gasteiger charge is -2.34. The van der Waals surface area contributed by atoms with Gasteiger partial charge in [-0.3, -0.25) is 4.79 Å². The number of nitrogens with two attached hydrogens (primary N) is 1. The molecule has 1 fully saturated rings. The molecule has 1 atom stereocenters. The molecule has 19 heavy (non-hydrogen) atoms. The Morgan fingerprint density at radius 3 is 3.21 bits per heavy atom. The van der Waals surface area contributed by atoms with Crippen molar-refractivity contribution in [3.63, 3.8) is 0 Å². The number of rotatable bonds is 5. The van der Waals surface area contributed by atoms with E-state index in [-0.39, 0.29) is 0 Å². The predicted octanol–water partition coefficient (Wildman–Crippen LogP) is 1.15. The summed E-state index contributed by atoms with van der Waals surface area (Å²) in [7, 11) is 0. The van der Waals surface area contributed by atoms with E-state index in [0.717, 1.165) is 38.3 Å². The van der Waals surface area contributed by atoms with Crippen LogP contribution in [0.25, 0.3) is 0 Å². The van der Waals surface area contributed by atoms with Crippen LogP contribution in [0.15, 0.2) is 18.3 Å². The third-order valence-corrected chi connectivity index (χ3v) is 3.46. The molecule has 1 saturated heterocycles. The van der Waals surface area contributed by atoms with E-state index in [1.807, 2.05) is 0 Å². The molecule has 0 saturated carbocycles. The summed E-state index contributed by atoms with van der Waals surface area (Å²) < 4.78 is 0. The standard InChI is InChI=1S/C14H22N4O/c1-2-7-16-11-5-4-9-18(10-11)14-12(13(15)19)6-3-8-17-14/h3,6,8,11,16H,2,4-5,7,9-10H2,1H3,(H2,15,19). The lowest BCUT2D eigenvalue weighted by atomic mass is 10.0. The highest BCUT2D eigenvalue weighted by atomic mass is 16.1. The molecule has 1 aromatic rings. The van der Waals surface area contributed by atoms with Gasteiger partial charge in [-0.1, -0.05) is 6.92 Å². The number of hydrogen-bond acceptors (Lipinski definition) is 4. The minimum absolute atomic E-state index is 0.410. The highest BCUT2D eigenvalue weighted by Crippen LogP contribution is 2.21. The van der Waals surface area contributed by atoms with Crippen molar-refractivity contribution < 1.29 is 4.79 Å². The Morgan fingerprint density at radius 1 is 1.63 bits per heavy atom. The molecule has 0 bridgehead atoms. The number of primary amides is 1. The number of aromatic nitrogens is 1. The smallest absolute Gasteiger partial charge is 0.252 e. The minimum Gasteiger partial charge on any atom is -0.365 e. The Hall–Kier alpha value is -1.62. The first kappa shape index (κ1) is 13.8. The van der Waals surface area contributed by atoms with Crippen molar-refractivity contribution in [1.29, 1.82) is 0 Å². The SMILES string of the molecule is CCCNC1CCCN(c2ncccc2C(N)=O)C1. The fourth-order valence-corrected chi connectivity index (χ4v) is 2.53. The molecule has 1 aromatic heterocycles. The first-order chi connectivity index (χ1) is 9.22. The largest absolute Gasteiger partial charge is 0.365 e. The van der Waals surface area contributed by atoms with Gasteiger partial charge in [-0.2, -0.15) is 0 Å². The lowest BCUT2D eigenvalue weighted by molar-refractivity contribution is 0.100. The van der Waals surface area contributed by atoms with E-state index < -0.39 is 5.91 Å². The van der Waals surface area contributed by atoms with E-state index in [9.17, 15) is 4.79 Å². The van der Waals surface area contributed by atoms with E-state index in [1.54, 1.807) is 18.3 Å². The van der Waals surface area contributed by atoms with Crippen LogP contribution < -0.4 is 16.0 Å². The maximum atomic E-state index is 11.5. The predicted molar refractivity (Wildman–Crippen MR) is 76.3 cm³/mol. The molecule has 104 valence electrons. The van der Waals surface area contributed by atoms with Gasteiger partial charge in [-0.05, 0) is 37.9 Å². The zero-order valence-corrected chi connectivity index (χ0v) is 11.4. The lowest BCUT2D eigenvalue weighted by Crippen LogP contribution is -2.46. The van der Waals surface area contributed by atoms with Crippen molar-refractivity contribution in [1.82, 2.24) is 10.3 Å². The maximum Gasteiger partial charge on any atom is 0.252 e. The molecule has 1 aliphatic heterocycles. The molecule has 0 aromatic carbocycles. The van der Waals surface area contributed by atoms with Gasteiger partial charge in [0, 0.05) is 25.3 Å². The number of anilines is 1. The number of carbonyl (C=O) groups is 1. The molecule has 0 aliphatic carbocycles. The van der Waals surface area contributed by atoms with Gasteiger partial charge < -0.3 is 16.0 Å². The Labute approximate surface area is 114 Å². The van der Waals surface area contributed by atoms with Crippen LogP contribution in [0.1, 0.15) is 36.5 Å². The van der Waals surface area contributed by atoms with E-state index >= 15 is 0 Å². The van der Waals surface area contributed by atoms with Crippen molar-refractivity contribution in [3.8, 4) is 0 Å². The van der Waals surface area contributed by atoms with Crippen LogP contribution in [0.5, 0.6) is 0 Å². The highest BCUT2D eigenvalue weighted by molar-refractivity contribution is 5.97. The number of nitrogens with zero attached hydrogens (tertiary/aromatic N) is 2. The molecule has 1 unspecified atom stereocenters. The van der Waals surface area contributed by atoms with Crippen LogP contribution in [-0.4, -0.2) is 36.6 Å². The number of amides is 1. The quantitative estimate of drug-likeness (QED) is 0.835. The van der Waals surface area contributed by atoms with Crippen LogP contribution in [0.4, 0.5) is 5.82 Å². The van der Waals surface area contributed by atoms with Crippen molar-refractivity contribution in [2.45, 2.75) is 32.2 Å². The van der Waals surface area contributed by atoms with E-state index in [1.165, 1.54) is 6.42 Å². The molecule has 0 radical (unpaired) electrons. The van der Waals surface area contributed by atoms with Gasteiger partial charge in [0.25, 0.3) is 5.91 Å². The highest BCUT2D eigenvalue weighted by Gasteiger charge is 2.23. The maximum absolute atomic E-state index is 11.5. The first-order valence-corrected chi connectivity index (χ1v) is 6.95. The molecule has 5 heteroatoms. The summed E-state index contributed by atoms with van der Waals surface area (Å²) in [5.74, 6) is 0.310. The Bertz CT molecular complexity index is 435. The molecule has 2 rings (SSSR count). The molecule has 1 amide bonds. The molecular formula is C14H22N4O. The van der Waals surface area contributed by atoms with Crippen LogP contribution in [-0.2, 0) is 0 Å². The van der Waals surface area contributed by atoms with E-state index in [2.05, 4.69) is 22.1 Å². The fraction of sp³-hybridized carbons (Fsp3) is 0.571. The second-order valence-electron chi connectivity index (χ2n) is 4.98. The van der Waals surface area contributed by atoms with Gasteiger partial charge in [0.1, 0.15) is 5.82 Å². The summed E-state index contributed by atoms with van der Waals surface area (Å²) in [6, 6.07) is 3.96. The summed E-state index contributed by atoms with van der Waals surface area (Å²) >= 11 is 0. The third kappa shape index (κ3) is 3.44. The Morgan fingerprint density at radius 2 is 2.47 bits per heavy atom. The number of hydrogen-bond donors (Lipinski definition) is 2. The summed E-state index contributed by atoms with van der Waals surface area (Å²) in [4.78, 5) is 18.0. The van der Waals surface area contributed by atoms with Crippen molar-refractivity contribution >= 4 is 11.7 Å².